The van der Waals surface area contributed by atoms with Crippen molar-refractivity contribution in [3.8, 4) is 0 Å². The minimum Gasteiger partial charge on any atom is -0.758 e. The van der Waals surface area contributed by atoms with Gasteiger partial charge in [0.2, 0.25) is 0 Å². The van der Waals surface area contributed by atoms with Gasteiger partial charge in [-0.15, -0.1) is 0 Å². The van der Waals surface area contributed by atoms with Gasteiger partial charge in [0.05, 0.1) is 6.20 Å². The number of pyridine rings is 1. The minimum absolute atomic E-state index is 0.422. The molecule has 2 N–H and O–H groups in total. The average molecular weight is 138 g/mol. The molecule has 4 heteroatoms. The molecule has 10 heavy (non-hydrogen) atoms. The summed E-state index contributed by atoms with van der Waals surface area (Å²) >= 11 is 0. The van der Waals surface area contributed by atoms with E-state index in [1.807, 2.05) is 0 Å². The van der Waals surface area contributed by atoms with Crippen LogP contribution in [0.5, 0.6) is 0 Å². The number of nitrogens with zero attached hydrogens (tertiary/aromatic N) is 2. The highest BCUT2D eigenvalue weighted by Gasteiger charge is 1.88. The maximum absolute atomic E-state index is 10.6. The number of hydrogen-bond donors (Lipinski definition) is 1. The zero-order valence-electron chi connectivity index (χ0n) is 5.61. The molecule has 0 aliphatic heterocycles. The first kappa shape index (κ1) is 6.82. The highest BCUT2D eigenvalue weighted by Crippen LogP contribution is 2.09. The molecular weight excluding hydrogens is 130 g/mol. The number of hydroxylamine groups is 1. The summed E-state index contributed by atoms with van der Waals surface area (Å²) in [5, 5.41) is 11.3. The van der Waals surface area contributed by atoms with Crippen molar-refractivity contribution in [2.75, 3.05) is 17.8 Å². The predicted octanol–water partition coefficient (Wildman–Crippen LogP) is 0.598. The van der Waals surface area contributed by atoms with Gasteiger partial charge in [-0.2, -0.15) is 0 Å². The number of nitrogens with two attached hydrogens (primary N) is 1. The smallest absolute Gasteiger partial charge is 0.123 e. The Kier molecular flexibility index (Phi) is 1.73. The summed E-state index contributed by atoms with van der Waals surface area (Å²) in [5.74, 6) is 0.422. The van der Waals surface area contributed by atoms with Gasteiger partial charge in [-0.05, 0) is 19.2 Å². The second-order valence-corrected chi connectivity index (χ2v) is 1.94. The lowest BCUT2D eigenvalue weighted by molar-refractivity contribution is 1.18. The van der Waals surface area contributed by atoms with Crippen molar-refractivity contribution in [1.82, 2.24) is 4.98 Å². The molecule has 0 saturated carbocycles. The molecule has 54 valence electrons. The molecule has 0 bridgehead atoms. The first-order valence-electron chi connectivity index (χ1n) is 2.82. The van der Waals surface area contributed by atoms with Gasteiger partial charge in [0, 0.05) is 5.69 Å². The van der Waals surface area contributed by atoms with Crippen LogP contribution in [-0.4, -0.2) is 12.0 Å². The molecule has 0 aliphatic carbocycles. The Morgan fingerprint density at radius 3 is 2.70 bits per heavy atom. The van der Waals surface area contributed by atoms with Crippen molar-refractivity contribution >= 4 is 11.5 Å². The first-order valence-corrected chi connectivity index (χ1v) is 2.82. The van der Waals surface area contributed by atoms with Gasteiger partial charge in [-0.1, -0.05) is 0 Å². The lowest BCUT2D eigenvalue weighted by Gasteiger charge is -2.23. The number of aromatic nitrogens is 1. The third-order valence-electron chi connectivity index (χ3n) is 1.13. The number of hydrogen-bond acceptors (Lipinski definition) is 4. The largest absolute Gasteiger partial charge is 0.758 e. The van der Waals surface area contributed by atoms with Gasteiger partial charge in [-0.3, -0.25) is 0 Å². The van der Waals surface area contributed by atoms with Crippen LogP contribution in [0.1, 0.15) is 0 Å². The third-order valence-corrected chi connectivity index (χ3v) is 1.13. The SMILES string of the molecule is CN([O-])c1ccc(N)nc1. The molecule has 0 aromatic carbocycles. The summed E-state index contributed by atoms with van der Waals surface area (Å²) in [6.45, 7) is 0. The van der Waals surface area contributed by atoms with Crippen molar-refractivity contribution in [1.29, 1.82) is 0 Å². The normalized spacial score (nSPS) is 9.40. The molecule has 0 amide bonds. The van der Waals surface area contributed by atoms with Crippen molar-refractivity contribution in [2.45, 2.75) is 0 Å². The summed E-state index contributed by atoms with van der Waals surface area (Å²) in [4.78, 5) is 3.74. The van der Waals surface area contributed by atoms with E-state index in [-0.39, 0.29) is 0 Å². The summed E-state index contributed by atoms with van der Waals surface area (Å²) in [5.41, 5.74) is 5.80. The van der Waals surface area contributed by atoms with E-state index in [9.17, 15) is 5.21 Å². The van der Waals surface area contributed by atoms with Gasteiger partial charge in [0.15, 0.2) is 0 Å². The van der Waals surface area contributed by atoms with Crippen LogP contribution in [0.15, 0.2) is 18.3 Å². The molecule has 0 unspecified atom stereocenters. The third kappa shape index (κ3) is 1.35. The molecule has 1 aromatic rings. The molecule has 1 aromatic heterocycles. The summed E-state index contributed by atoms with van der Waals surface area (Å²) in [6, 6.07) is 3.21. The van der Waals surface area contributed by atoms with E-state index in [4.69, 9.17) is 5.73 Å². The number of anilines is 2. The van der Waals surface area contributed by atoms with Crippen LogP contribution in [-0.2, 0) is 0 Å². The highest BCUT2D eigenvalue weighted by molar-refractivity contribution is 5.47. The molecule has 1 heterocycles. The topological polar surface area (TPSA) is 65.2 Å². The van der Waals surface area contributed by atoms with Gasteiger partial charge in [-0.25, -0.2) is 4.98 Å². The van der Waals surface area contributed by atoms with Gasteiger partial charge in [0.1, 0.15) is 5.82 Å². The molecule has 0 fully saturated rings. The lowest BCUT2D eigenvalue weighted by atomic mass is 10.4. The zero-order valence-corrected chi connectivity index (χ0v) is 5.61. The Bertz CT molecular complexity index is 207. The van der Waals surface area contributed by atoms with Crippen molar-refractivity contribution in [3.63, 3.8) is 0 Å². The van der Waals surface area contributed by atoms with E-state index in [1.54, 1.807) is 12.1 Å². The monoisotopic (exact) mass is 138 g/mol. The van der Waals surface area contributed by atoms with Crippen molar-refractivity contribution < 1.29 is 0 Å². The van der Waals surface area contributed by atoms with E-state index < -0.39 is 0 Å². The van der Waals surface area contributed by atoms with Crippen LogP contribution in [0.25, 0.3) is 0 Å². The van der Waals surface area contributed by atoms with Crippen molar-refractivity contribution in [2.24, 2.45) is 0 Å². The van der Waals surface area contributed by atoms with Crippen LogP contribution in [0, 0.1) is 5.21 Å². The fraction of sp³-hybridized carbons (Fsp3) is 0.167. The van der Waals surface area contributed by atoms with Crippen LogP contribution in [0.3, 0.4) is 0 Å². The van der Waals surface area contributed by atoms with Crippen LogP contribution >= 0.6 is 0 Å². The van der Waals surface area contributed by atoms with E-state index >= 15 is 0 Å². The summed E-state index contributed by atoms with van der Waals surface area (Å²) < 4.78 is 0. The van der Waals surface area contributed by atoms with E-state index in [2.05, 4.69) is 4.98 Å². The lowest BCUT2D eigenvalue weighted by Crippen LogP contribution is -2.06. The maximum atomic E-state index is 10.6. The molecule has 0 spiro atoms. The summed E-state index contributed by atoms with van der Waals surface area (Å²) in [6.07, 6.45) is 1.43. The molecular formula is C6H8N3O-. The zero-order chi connectivity index (χ0) is 7.56. The Morgan fingerprint density at radius 2 is 2.30 bits per heavy atom. The van der Waals surface area contributed by atoms with Crippen molar-refractivity contribution in [3.05, 3.63) is 23.5 Å². The molecule has 0 aliphatic rings. The van der Waals surface area contributed by atoms with E-state index in [0.717, 1.165) is 5.06 Å². The standard InChI is InChI=1S/C6H8N3O/c1-9(10)5-2-3-6(7)8-4-5/h2-4H,1H3,(H2,7,8)/q-1. The van der Waals surface area contributed by atoms with Crippen LogP contribution < -0.4 is 10.8 Å². The minimum atomic E-state index is 0.422. The average Bonchev–Trinajstić information content (AvgIpc) is 1.88. The molecule has 0 radical (unpaired) electrons. The molecule has 4 nitrogen and oxygen atoms in total. The molecule has 0 atom stereocenters. The summed E-state index contributed by atoms with van der Waals surface area (Å²) in [7, 11) is 1.41. The van der Waals surface area contributed by atoms with E-state index in [0.29, 0.717) is 11.5 Å². The van der Waals surface area contributed by atoms with E-state index in [1.165, 1.54) is 13.2 Å². The Morgan fingerprint density at radius 1 is 1.60 bits per heavy atom. The fourth-order valence-electron chi connectivity index (χ4n) is 0.584. The van der Waals surface area contributed by atoms with Gasteiger partial charge < -0.3 is 16.0 Å². The Labute approximate surface area is 58.9 Å². The van der Waals surface area contributed by atoms with Crippen LogP contribution in [0.2, 0.25) is 0 Å². The maximum Gasteiger partial charge on any atom is 0.123 e. The fourth-order valence-corrected chi connectivity index (χ4v) is 0.584. The highest BCUT2D eigenvalue weighted by atomic mass is 16.5. The first-order chi connectivity index (χ1) is 4.70. The Balaban J connectivity index is 2.89. The number of nitrogen functional groups attached to an aromatic ring is 1. The quantitative estimate of drug-likeness (QED) is 0.577. The molecule has 0 saturated heterocycles. The number of rotatable bonds is 1. The second kappa shape index (κ2) is 2.53. The second-order valence-electron chi connectivity index (χ2n) is 1.94. The van der Waals surface area contributed by atoms with Crippen LogP contribution in [0.4, 0.5) is 11.5 Å². The van der Waals surface area contributed by atoms with Gasteiger partial charge >= 0.3 is 0 Å². The Hall–Kier alpha value is -1.29. The van der Waals surface area contributed by atoms with Gasteiger partial charge in [0.25, 0.3) is 0 Å². The molecule has 1 rings (SSSR count). The predicted molar refractivity (Wildman–Crippen MR) is 40.4 cm³/mol.